The van der Waals surface area contributed by atoms with Crippen LogP contribution >= 0.6 is 0 Å². The van der Waals surface area contributed by atoms with Crippen molar-refractivity contribution in [3.05, 3.63) is 24.3 Å². The summed E-state index contributed by atoms with van der Waals surface area (Å²) in [5.41, 5.74) is 1.80. The summed E-state index contributed by atoms with van der Waals surface area (Å²) in [7, 11) is -1.33. The Balaban J connectivity index is 2.57. The van der Waals surface area contributed by atoms with Crippen molar-refractivity contribution in [3.8, 4) is 0 Å². The second-order valence-electron chi connectivity index (χ2n) is 6.68. The molecule has 1 aromatic rings. The fourth-order valence-electron chi connectivity index (χ4n) is 2.21. The Bertz CT molecular complexity index is 466. The summed E-state index contributed by atoms with van der Waals surface area (Å²) in [6.07, 6.45) is 0. The van der Waals surface area contributed by atoms with Crippen molar-refractivity contribution in [2.45, 2.75) is 40.4 Å². The Morgan fingerprint density at radius 2 is 1.65 bits per heavy atom. The van der Waals surface area contributed by atoms with E-state index in [0.29, 0.717) is 5.41 Å². The Hall–Kier alpha value is -0.335. The van der Waals surface area contributed by atoms with Crippen molar-refractivity contribution in [2.75, 3.05) is 4.57 Å². The van der Waals surface area contributed by atoms with Crippen LogP contribution in [-0.2, 0) is 0 Å². The monoisotopic (exact) mass is 307 g/mol. The van der Waals surface area contributed by atoms with Crippen molar-refractivity contribution in [3.63, 3.8) is 0 Å². The molecule has 0 saturated carbocycles. The van der Waals surface area contributed by atoms with Gasteiger partial charge in [0, 0.05) is 0 Å². The van der Waals surface area contributed by atoms with E-state index in [2.05, 4.69) is 69.2 Å². The van der Waals surface area contributed by atoms with Gasteiger partial charge < -0.3 is 0 Å². The quantitative estimate of drug-likeness (QED) is 0.721. The summed E-state index contributed by atoms with van der Waals surface area (Å²) in [5.74, 6) is 0. The van der Waals surface area contributed by atoms with Crippen molar-refractivity contribution in [1.82, 2.24) is 0 Å². The average Bonchev–Trinajstić information content (AvgIpc) is 2.54. The molecule has 0 amide bonds. The van der Waals surface area contributed by atoms with Crippen LogP contribution < -0.4 is 8.92 Å². The second kappa shape index (κ2) is 4.10. The topological polar surface area (TPSA) is 3.24 Å². The van der Waals surface area contributed by atoms with Crippen LogP contribution in [0.2, 0.25) is 19.6 Å². The van der Waals surface area contributed by atoms with Gasteiger partial charge in [-0.15, -0.1) is 0 Å². The third-order valence-corrected chi connectivity index (χ3v) is 8.69. The minimum atomic E-state index is -1.33. The van der Waals surface area contributed by atoms with E-state index in [-0.39, 0.29) is 15.3 Å². The molecule has 1 aromatic carbocycles. The molecule has 0 radical (unpaired) electrons. The zero-order valence-corrected chi connectivity index (χ0v) is 14.6. The molecule has 92 valence electrons. The number of rotatable bonds is 1. The normalized spacial score (nSPS) is 16.8. The Kier molecular flexibility index (Phi) is 3.16. The summed E-state index contributed by atoms with van der Waals surface area (Å²) >= 11 is 0.199. The van der Waals surface area contributed by atoms with Crippen LogP contribution in [0.15, 0.2) is 24.3 Å². The predicted molar refractivity (Wildman–Crippen MR) is 82.1 cm³/mol. The van der Waals surface area contributed by atoms with Gasteiger partial charge in [0.05, 0.1) is 0 Å². The van der Waals surface area contributed by atoms with Crippen molar-refractivity contribution in [2.24, 2.45) is 5.41 Å². The first-order valence-corrected chi connectivity index (χ1v) is 11.5. The SMILES string of the molecule is CC(C)(C)C1=[As]c2ccccc2N1[Si](C)(C)C. The van der Waals surface area contributed by atoms with E-state index in [9.17, 15) is 0 Å². The van der Waals surface area contributed by atoms with Gasteiger partial charge in [-0.05, 0) is 0 Å². The van der Waals surface area contributed by atoms with E-state index in [0.717, 1.165) is 0 Å². The summed E-state index contributed by atoms with van der Waals surface area (Å²) in [6.45, 7) is 14.4. The van der Waals surface area contributed by atoms with Gasteiger partial charge in [0.2, 0.25) is 0 Å². The first kappa shape index (κ1) is 13.1. The summed E-state index contributed by atoms with van der Waals surface area (Å²) in [4.78, 5) is 0. The van der Waals surface area contributed by atoms with Crippen LogP contribution in [0.1, 0.15) is 20.8 Å². The standard InChI is InChI=1S/C14H22AsNSi/c1-14(2,3)13-15-11-9-7-8-10-12(11)16(13)17(4,5)6/h7-10H,1-6H3. The van der Waals surface area contributed by atoms with E-state index in [1.165, 1.54) is 5.69 Å². The molecule has 3 heteroatoms. The predicted octanol–water partition coefficient (Wildman–Crippen LogP) is 2.85. The summed E-state index contributed by atoms with van der Waals surface area (Å²) in [5, 5.41) is 0. The summed E-state index contributed by atoms with van der Waals surface area (Å²) < 4.78 is 5.99. The van der Waals surface area contributed by atoms with Gasteiger partial charge >= 0.3 is 113 Å². The molecule has 0 aliphatic carbocycles. The molecule has 1 aliphatic rings. The van der Waals surface area contributed by atoms with Gasteiger partial charge in [0.25, 0.3) is 0 Å². The van der Waals surface area contributed by atoms with E-state index < -0.39 is 8.24 Å². The van der Waals surface area contributed by atoms with E-state index >= 15 is 0 Å². The molecule has 0 N–H and O–H groups in total. The molecule has 0 saturated heterocycles. The molecule has 1 heterocycles. The third kappa shape index (κ3) is 2.43. The number of hydrogen-bond donors (Lipinski definition) is 0. The number of anilines is 1. The van der Waals surface area contributed by atoms with Gasteiger partial charge in [-0.25, -0.2) is 0 Å². The average molecular weight is 307 g/mol. The van der Waals surface area contributed by atoms with E-state index in [4.69, 9.17) is 0 Å². The van der Waals surface area contributed by atoms with Crippen molar-refractivity contribution in [1.29, 1.82) is 0 Å². The second-order valence-corrected chi connectivity index (χ2v) is 13.8. The van der Waals surface area contributed by atoms with Crippen LogP contribution in [0.3, 0.4) is 0 Å². The van der Waals surface area contributed by atoms with Crippen LogP contribution in [-0.4, -0.2) is 28.0 Å². The summed E-state index contributed by atoms with van der Waals surface area (Å²) in [6, 6.07) is 8.99. The van der Waals surface area contributed by atoms with Gasteiger partial charge in [-0.2, -0.15) is 0 Å². The van der Waals surface area contributed by atoms with E-state index in [1.807, 2.05) is 0 Å². The minimum absolute atomic E-state index is 0.199. The molecule has 17 heavy (non-hydrogen) atoms. The Morgan fingerprint density at radius 3 is 2.18 bits per heavy atom. The van der Waals surface area contributed by atoms with Gasteiger partial charge in [0.1, 0.15) is 0 Å². The molecule has 1 aliphatic heterocycles. The molecule has 2 rings (SSSR count). The van der Waals surface area contributed by atoms with Crippen LogP contribution in [0, 0.1) is 5.41 Å². The number of nitrogens with zero attached hydrogens (tertiary/aromatic N) is 1. The fraction of sp³-hybridized carbons (Fsp3) is 0.500. The Morgan fingerprint density at radius 1 is 1.06 bits per heavy atom. The number of fused-ring (bicyclic) bond motifs is 1. The van der Waals surface area contributed by atoms with E-state index in [1.54, 1.807) is 8.78 Å². The van der Waals surface area contributed by atoms with Gasteiger partial charge in [-0.1, -0.05) is 0 Å². The Labute approximate surface area is 113 Å². The zero-order valence-electron chi connectivity index (χ0n) is 11.7. The number of para-hydroxylation sites is 1. The van der Waals surface area contributed by atoms with Gasteiger partial charge in [-0.3, -0.25) is 0 Å². The molecule has 1 nitrogen and oxygen atoms in total. The molecule has 0 spiro atoms. The maximum absolute atomic E-state index is 2.71. The molecular weight excluding hydrogens is 285 g/mol. The maximum atomic E-state index is 2.71. The van der Waals surface area contributed by atoms with Crippen molar-refractivity contribution >= 4 is 38.0 Å². The zero-order chi connectivity index (χ0) is 12.8. The molecule has 0 aromatic heterocycles. The molecule has 0 bridgehead atoms. The number of benzene rings is 1. The molecular formula is C14H22AsNSi. The van der Waals surface area contributed by atoms with Crippen molar-refractivity contribution < 1.29 is 0 Å². The first-order valence-electron chi connectivity index (χ1n) is 6.20. The van der Waals surface area contributed by atoms with Gasteiger partial charge in [0.15, 0.2) is 0 Å². The van der Waals surface area contributed by atoms with Crippen LogP contribution in [0.25, 0.3) is 0 Å². The molecule has 0 unspecified atom stereocenters. The molecule has 0 fully saturated rings. The number of hydrogen-bond acceptors (Lipinski definition) is 1. The van der Waals surface area contributed by atoms with Crippen LogP contribution in [0.5, 0.6) is 0 Å². The fourth-order valence-corrected chi connectivity index (χ4v) is 9.01. The third-order valence-electron chi connectivity index (χ3n) is 2.90. The molecule has 0 atom stereocenters. The van der Waals surface area contributed by atoms with Crippen LogP contribution in [0.4, 0.5) is 5.69 Å². The first-order chi connectivity index (χ1) is 7.71.